The second-order valence-electron chi connectivity index (χ2n) is 5.50. The van der Waals surface area contributed by atoms with Crippen LogP contribution in [0.25, 0.3) is 0 Å². The number of amides is 1. The summed E-state index contributed by atoms with van der Waals surface area (Å²) < 4.78 is 6.33. The molecule has 1 aliphatic rings. The van der Waals surface area contributed by atoms with Gasteiger partial charge >= 0.3 is 0 Å². The second-order valence-corrected chi connectivity index (χ2v) is 5.50. The standard InChI is InChI=1S/C13H19N3O3/c1-8-9(2)15-16(4)12(18)10(8)11(17)14-5-13(3)6-19-7-13/h5-7H2,1-4H3,(H,14,17). The van der Waals surface area contributed by atoms with Crippen molar-refractivity contribution in [2.75, 3.05) is 19.8 Å². The average molecular weight is 265 g/mol. The lowest BCUT2D eigenvalue weighted by atomic mass is 9.88. The summed E-state index contributed by atoms with van der Waals surface area (Å²) in [6.45, 7) is 7.36. The van der Waals surface area contributed by atoms with Crippen LogP contribution < -0.4 is 10.9 Å². The first-order valence-electron chi connectivity index (χ1n) is 6.24. The maximum absolute atomic E-state index is 12.2. The molecule has 6 heteroatoms. The van der Waals surface area contributed by atoms with Gasteiger partial charge in [0.05, 0.1) is 18.9 Å². The summed E-state index contributed by atoms with van der Waals surface area (Å²) in [4.78, 5) is 24.2. The summed E-state index contributed by atoms with van der Waals surface area (Å²) >= 11 is 0. The van der Waals surface area contributed by atoms with Gasteiger partial charge in [-0.25, -0.2) is 4.68 Å². The average Bonchev–Trinajstić information content (AvgIpc) is 2.32. The van der Waals surface area contributed by atoms with Crippen LogP contribution in [0.2, 0.25) is 0 Å². The number of aryl methyl sites for hydroxylation is 2. The van der Waals surface area contributed by atoms with Crippen molar-refractivity contribution >= 4 is 5.91 Å². The minimum Gasteiger partial charge on any atom is -0.380 e. The lowest BCUT2D eigenvalue weighted by molar-refractivity contribution is -0.0978. The molecule has 0 spiro atoms. The van der Waals surface area contributed by atoms with Crippen LogP contribution in [-0.2, 0) is 11.8 Å². The Morgan fingerprint density at radius 3 is 2.63 bits per heavy atom. The Morgan fingerprint density at radius 2 is 2.11 bits per heavy atom. The Hall–Kier alpha value is -1.69. The van der Waals surface area contributed by atoms with Gasteiger partial charge in [-0.1, -0.05) is 6.92 Å². The van der Waals surface area contributed by atoms with Crippen molar-refractivity contribution in [3.8, 4) is 0 Å². The van der Waals surface area contributed by atoms with Crippen LogP contribution in [0.5, 0.6) is 0 Å². The molecule has 2 rings (SSSR count). The molecular formula is C13H19N3O3. The molecule has 1 fully saturated rings. The Kier molecular flexibility index (Phi) is 3.45. The number of hydrogen-bond donors (Lipinski definition) is 1. The molecule has 1 aromatic heterocycles. The van der Waals surface area contributed by atoms with Crippen molar-refractivity contribution in [1.82, 2.24) is 15.1 Å². The van der Waals surface area contributed by atoms with Crippen LogP contribution in [0.4, 0.5) is 0 Å². The van der Waals surface area contributed by atoms with E-state index < -0.39 is 0 Å². The molecule has 6 nitrogen and oxygen atoms in total. The molecule has 0 bridgehead atoms. The minimum atomic E-state index is -0.365. The number of nitrogens with one attached hydrogen (secondary N) is 1. The van der Waals surface area contributed by atoms with Crippen molar-refractivity contribution in [2.24, 2.45) is 12.5 Å². The summed E-state index contributed by atoms with van der Waals surface area (Å²) in [7, 11) is 1.55. The summed E-state index contributed by atoms with van der Waals surface area (Å²) in [5, 5.41) is 6.87. The van der Waals surface area contributed by atoms with E-state index in [4.69, 9.17) is 4.74 Å². The number of ether oxygens (including phenoxy) is 1. The number of carbonyl (C=O) groups is 1. The van der Waals surface area contributed by atoms with Crippen LogP contribution in [0.15, 0.2) is 4.79 Å². The van der Waals surface area contributed by atoms with Gasteiger partial charge in [-0.2, -0.15) is 5.10 Å². The Morgan fingerprint density at radius 1 is 1.47 bits per heavy atom. The van der Waals surface area contributed by atoms with E-state index >= 15 is 0 Å². The molecule has 0 unspecified atom stereocenters. The summed E-state index contributed by atoms with van der Waals surface area (Å²) in [5.41, 5.74) is 1.12. The van der Waals surface area contributed by atoms with E-state index in [9.17, 15) is 9.59 Å². The molecule has 0 radical (unpaired) electrons. The summed E-state index contributed by atoms with van der Waals surface area (Å²) in [5.74, 6) is -0.336. The third-order valence-electron chi connectivity index (χ3n) is 3.53. The molecule has 1 saturated heterocycles. The molecule has 0 saturated carbocycles. The fourth-order valence-corrected chi connectivity index (χ4v) is 2.05. The molecule has 0 atom stereocenters. The largest absolute Gasteiger partial charge is 0.380 e. The predicted molar refractivity (Wildman–Crippen MR) is 70.2 cm³/mol. The molecule has 0 aromatic carbocycles. The van der Waals surface area contributed by atoms with E-state index in [0.717, 1.165) is 0 Å². The number of hydrogen-bond acceptors (Lipinski definition) is 4. The first kappa shape index (κ1) is 13.7. The molecule has 104 valence electrons. The lowest BCUT2D eigenvalue weighted by Gasteiger charge is -2.38. The van der Waals surface area contributed by atoms with Crippen molar-refractivity contribution < 1.29 is 9.53 Å². The van der Waals surface area contributed by atoms with Gasteiger partial charge in [-0.05, 0) is 19.4 Å². The maximum Gasteiger partial charge on any atom is 0.279 e. The van der Waals surface area contributed by atoms with E-state index in [-0.39, 0.29) is 22.4 Å². The Bertz CT molecular complexity index is 573. The van der Waals surface area contributed by atoms with Crippen LogP contribution >= 0.6 is 0 Å². The van der Waals surface area contributed by atoms with Crippen LogP contribution in [0.3, 0.4) is 0 Å². The summed E-state index contributed by atoms with van der Waals surface area (Å²) in [6.07, 6.45) is 0. The third-order valence-corrected chi connectivity index (χ3v) is 3.53. The molecule has 1 aliphatic heterocycles. The number of carbonyl (C=O) groups excluding carboxylic acids is 1. The molecule has 1 N–H and O–H groups in total. The zero-order chi connectivity index (χ0) is 14.2. The Balaban J connectivity index is 2.21. The van der Waals surface area contributed by atoms with Gasteiger partial charge < -0.3 is 10.1 Å². The highest BCUT2D eigenvalue weighted by atomic mass is 16.5. The minimum absolute atomic E-state index is 0.0170. The van der Waals surface area contributed by atoms with Crippen LogP contribution in [0.1, 0.15) is 28.5 Å². The molecule has 19 heavy (non-hydrogen) atoms. The van der Waals surface area contributed by atoms with E-state index in [0.29, 0.717) is 31.0 Å². The molecule has 2 heterocycles. The third kappa shape index (κ3) is 2.53. The maximum atomic E-state index is 12.2. The zero-order valence-electron chi connectivity index (χ0n) is 11.7. The fourth-order valence-electron chi connectivity index (χ4n) is 2.05. The monoisotopic (exact) mass is 265 g/mol. The topological polar surface area (TPSA) is 73.2 Å². The van der Waals surface area contributed by atoms with Crippen molar-refractivity contribution in [3.63, 3.8) is 0 Å². The van der Waals surface area contributed by atoms with Crippen LogP contribution in [-0.4, -0.2) is 35.4 Å². The summed E-state index contributed by atoms with van der Waals surface area (Å²) in [6, 6.07) is 0. The lowest BCUT2D eigenvalue weighted by Crippen LogP contribution is -2.49. The van der Waals surface area contributed by atoms with Crippen molar-refractivity contribution in [3.05, 3.63) is 27.2 Å². The highest BCUT2D eigenvalue weighted by Crippen LogP contribution is 2.25. The number of aromatic nitrogens is 2. The predicted octanol–water partition coefficient (Wildman–Crippen LogP) is 0.163. The molecule has 1 amide bonds. The van der Waals surface area contributed by atoms with Gasteiger partial charge in [-0.3, -0.25) is 9.59 Å². The van der Waals surface area contributed by atoms with Gasteiger partial charge in [0.1, 0.15) is 5.56 Å². The highest BCUT2D eigenvalue weighted by molar-refractivity contribution is 5.95. The zero-order valence-corrected chi connectivity index (χ0v) is 11.7. The SMILES string of the molecule is Cc1nn(C)c(=O)c(C(=O)NCC2(C)COC2)c1C. The van der Waals surface area contributed by atoms with Crippen LogP contribution in [0, 0.1) is 19.3 Å². The van der Waals surface area contributed by atoms with E-state index in [1.54, 1.807) is 20.9 Å². The molecule has 0 aliphatic carbocycles. The van der Waals surface area contributed by atoms with Gasteiger partial charge in [0, 0.05) is 19.0 Å². The Labute approximate surface area is 111 Å². The first-order chi connectivity index (χ1) is 8.84. The number of rotatable bonds is 3. The van der Waals surface area contributed by atoms with Crippen molar-refractivity contribution in [1.29, 1.82) is 0 Å². The number of nitrogens with zero attached hydrogens (tertiary/aromatic N) is 2. The van der Waals surface area contributed by atoms with Crippen molar-refractivity contribution in [2.45, 2.75) is 20.8 Å². The fraction of sp³-hybridized carbons (Fsp3) is 0.615. The van der Waals surface area contributed by atoms with Gasteiger partial charge in [0.25, 0.3) is 11.5 Å². The van der Waals surface area contributed by atoms with E-state index in [1.807, 2.05) is 6.92 Å². The normalized spacial score (nSPS) is 16.8. The first-order valence-corrected chi connectivity index (χ1v) is 6.24. The highest BCUT2D eigenvalue weighted by Gasteiger charge is 2.34. The molecular weight excluding hydrogens is 246 g/mol. The van der Waals surface area contributed by atoms with Gasteiger partial charge in [0.2, 0.25) is 0 Å². The van der Waals surface area contributed by atoms with E-state index in [1.165, 1.54) is 4.68 Å². The van der Waals surface area contributed by atoms with E-state index in [2.05, 4.69) is 10.4 Å². The second kappa shape index (κ2) is 4.77. The van der Waals surface area contributed by atoms with Gasteiger partial charge in [-0.15, -0.1) is 0 Å². The molecule has 1 aromatic rings. The smallest absolute Gasteiger partial charge is 0.279 e. The quantitative estimate of drug-likeness (QED) is 0.845. The van der Waals surface area contributed by atoms with Gasteiger partial charge in [0.15, 0.2) is 0 Å².